The van der Waals surface area contributed by atoms with Crippen LogP contribution in [0.4, 0.5) is 0 Å². The van der Waals surface area contributed by atoms with Crippen molar-refractivity contribution in [2.45, 2.75) is 12.7 Å². The molecule has 1 saturated heterocycles. The van der Waals surface area contributed by atoms with Crippen molar-refractivity contribution in [3.05, 3.63) is 35.9 Å². The van der Waals surface area contributed by atoms with E-state index in [1.165, 1.54) is 18.0 Å². The summed E-state index contributed by atoms with van der Waals surface area (Å²) in [6.45, 7) is 6.53. The van der Waals surface area contributed by atoms with Crippen LogP contribution in [-0.2, 0) is 11.3 Å². The molecule has 0 radical (unpaired) electrons. The number of aliphatic hydroxyl groups is 1. The smallest absolute Gasteiger partial charge is 0.127 e. The van der Waals surface area contributed by atoms with Crippen LogP contribution in [0.15, 0.2) is 30.3 Å². The molecule has 1 aromatic carbocycles. The molecule has 0 amide bonds. The average molecular weight is 266 g/mol. The fraction of sp³-hybridized carbons (Fsp3) is 0.600. The van der Waals surface area contributed by atoms with Crippen LogP contribution in [0.2, 0.25) is 0 Å². The fourth-order valence-corrected chi connectivity index (χ4v) is 2.51. The summed E-state index contributed by atoms with van der Waals surface area (Å²) in [5, 5.41) is 9.99. The van der Waals surface area contributed by atoms with Gasteiger partial charge >= 0.3 is 0 Å². The number of quaternary nitrogens is 2. The van der Waals surface area contributed by atoms with Crippen molar-refractivity contribution >= 4 is 0 Å². The standard InChI is InChI=1S/C15H24N2O2/c1-16-7-9-17(10-8-16)11-15(18)13-19-12-14-5-3-2-4-6-14/h2-6,15,18H,7-13H2,1H3/p+2/t15-/m1/s1. The number of piperazine rings is 1. The highest BCUT2D eigenvalue weighted by Crippen LogP contribution is 2.00. The van der Waals surface area contributed by atoms with Crippen LogP contribution in [-0.4, -0.2) is 57.6 Å². The van der Waals surface area contributed by atoms with Crippen LogP contribution >= 0.6 is 0 Å². The summed E-state index contributed by atoms with van der Waals surface area (Å²) in [5.74, 6) is 0. The molecule has 0 aliphatic carbocycles. The van der Waals surface area contributed by atoms with E-state index < -0.39 is 0 Å². The molecule has 2 rings (SSSR count). The van der Waals surface area contributed by atoms with Crippen LogP contribution in [0.25, 0.3) is 0 Å². The first kappa shape index (κ1) is 14.5. The Hall–Kier alpha value is -0.940. The van der Waals surface area contributed by atoms with E-state index in [1.807, 2.05) is 30.3 Å². The normalized spacial score (nSPS) is 25.2. The van der Waals surface area contributed by atoms with Crippen LogP contribution < -0.4 is 9.80 Å². The van der Waals surface area contributed by atoms with E-state index >= 15 is 0 Å². The van der Waals surface area contributed by atoms with Crippen LogP contribution in [0, 0.1) is 0 Å². The molecule has 106 valence electrons. The van der Waals surface area contributed by atoms with Crippen molar-refractivity contribution in [2.24, 2.45) is 0 Å². The zero-order valence-electron chi connectivity index (χ0n) is 11.8. The van der Waals surface area contributed by atoms with E-state index in [2.05, 4.69) is 7.05 Å². The van der Waals surface area contributed by atoms with Gasteiger partial charge in [0.1, 0.15) is 38.8 Å². The molecule has 1 atom stereocenters. The summed E-state index contributed by atoms with van der Waals surface area (Å²) in [5.41, 5.74) is 1.16. The van der Waals surface area contributed by atoms with Gasteiger partial charge in [0, 0.05) is 0 Å². The van der Waals surface area contributed by atoms with Gasteiger partial charge in [-0.05, 0) is 5.56 Å². The molecule has 4 nitrogen and oxygen atoms in total. The van der Waals surface area contributed by atoms with Crippen molar-refractivity contribution < 1.29 is 19.6 Å². The Kier molecular flexibility index (Phi) is 5.79. The first-order chi connectivity index (χ1) is 9.24. The highest BCUT2D eigenvalue weighted by atomic mass is 16.5. The summed E-state index contributed by atoms with van der Waals surface area (Å²) in [4.78, 5) is 3.10. The number of rotatable bonds is 6. The molecule has 1 aliphatic rings. The average Bonchev–Trinajstić information content (AvgIpc) is 2.43. The number of likely N-dealkylation sites (N-methyl/N-ethyl adjacent to an activating group) is 1. The second-order valence-electron chi connectivity index (χ2n) is 5.57. The van der Waals surface area contributed by atoms with Crippen molar-refractivity contribution in [3.63, 3.8) is 0 Å². The number of nitrogens with one attached hydrogen (secondary N) is 2. The molecule has 1 aliphatic heterocycles. The first-order valence-corrected chi connectivity index (χ1v) is 7.18. The molecule has 0 spiro atoms. The molecule has 1 heterocycles. The number of ether oxygens (including phenoxy) is 1. The van der Waals surface area contributed by atoms with E-state index in [-0.39, 0.29) is 6.10 Å². The van der Waals surface area contributed by atoms with Gasteiger partial charge in [-0.15, -0.1) is 0 Å². The molecule has 4 heteroatoms. The largest absolute Gasteiger partial charge is 0.385 e. The number of benzene rings is 1. The van der Waals surface area contributed by atoms with E-state index in [4.69, 9.17) is 4.74 Å². The van der Waals surface area contributed by atoms with Crippen molar-refractivity contribution in [3.8, 4) is 0 Å². The Labute approximate surface area is 115 Å². The van der Waals surface area contributed by atoms with Gasteiger partial charge in [0.2, 0.25) is 0 Å². The van der Waals surface area contributed by atoms with Crippen LogP contribution in [0.1, 0.15) is 5.56 Å². The number of hydrogen-bond acceptors (Lipinski definition) is 2. The Bertz CT molecular complexity index is 350. The third-order valence-electron chi connectivity index (χ3n) is 3.76. The van der Waals surface area contributed by atoms with E-state index in [0.717, 1.165) is 25.2 Å². The number of aliphatic hydroxyl groups excluding tert-OH is 1. The highest BCUT2D eigenvalue weighted by molar-refractivity contribution is 5.13. The molecule has 19 heavy (non-hydrogen) atoms. The molecule has 1 aromatic rings. The van der Waals surface area contributed by atoms with Gasteiger partial charge < -0.3 is 19.6 Å². The van der Waals surface area contributed by atoms with Gasteiger partial charge in [0.15, 0.2) is 0 Å². The number of hydrogen-bond donors (Lipinski definition) is 3. The lowest BCUT2D eigenvalue weighted by Gasteiger charge is -2.28. The Morgan fingerprint density at radius 3 is 2.53 bits per heavy atom. The maximum Gasteiger partial charge on any atom is 0.127 e. The predicted molar refractivity (Wildman–Crippen MR) is 74.3 cm³/mol. The lowest BCUT2D eigenvalue weighted by Crippen LogP contribution is -3.27. The second-order valence-corrected chi connectivity index (χ2v) is 5.57. The maximum absolute atomic E-state index is 9.99. The van der Waals surface area contributed by atoms with Gasteiger partial charge in [-0.25, -0.2) is 0 Å². The van der Waals surface area contributed by atoms with Gasteiger partial charge in [0.25, 0.3) is 0 Å². The highest BCUT2D eigenvalue weighted by Gasteiger charge is 2.22. The molecule has 0 aromatic heterocycles. The minimum atomic E-state index is -0.350. The summed E-state index contributed by atoms with van der Waals surface area (Å²) < 4.78 is 5.58. The van der Waals surface area contributed by atoms with Gasteiger partial charge in [0.05, 0.1) is 20.3 Å². The molecule has 0 saturated carbocycles. The predicted octanol–water partition coefficient (Wildman–Crippen LogP) is -2.02. The summed E-state index contributed by atoms with van der Waals surface area (Å²) in [6.07, 6.45) is -0.350. The summed E-state index contributed by atoms with van der Waals surface area (Å²) in [6, 6.07) is 10.1. The first-order valence-electron chi connectivity index (χ1n) is 7.18. The lowest BCUT2D eigenvalue weighted by atomic mass is 10.2. The monoisotopic (exact) mass is 266 g/mol. The summed E-state index contributed by atoms with van der Waals surface area (Å²) in [7, 11) is 2.23. The SMILES string of the molecule is C[NH+]1CC[NH+](C[C@@H](O)COCc2ccccc2)CC1. The van der Waals surface area contributed by atoms with E-state index in [1.54, 1.807) is 4.90 Å². The minimum absolute atomic E-state index is 0.350. The third-order valence-corrected chi connectivity index (χ3v) is 3.76. The van der Waals surface area contributed by atoms with E-state index in [9.17, 15) is 5.11 Å². The summed E-state index contributed by atoms with van der Waals surface area (Å²) >= 11 is 0. The van der Waals surface area contributed by atoms with Crippen molar-refractivity contribution in [1.29, 1.82) is 0 Å². The van der Waals surface area contributed by atoms with Crippen LogP contribution in [0.3, 0.4) is 0 Å². The fourth-order valence-electron chi connectivity index (χ4n) is 2.51. The van der Waals surface area contributed by atoms with Gasteiger partial charge in [-0.3, -0.25) is 0 Å². The van der Waals surface area contributed by atoms with E-state index in [0.29, 0.717) is 13.2 Å². The van der Waals surface area contributed by atoms with Crippen molar-refractivity contribution in [2.75, 3.05) is 46.4 Å². The van der Waals surface area contributed by atoms with Gasteiger partial charge in [-0.1, -0.05) is 30.3 Å². The topological polar surface area (TPSA) is 38.3 Å². The van der Waals surface area contributed by atoms with Crippen molar-refractivity contribution in [1.82, 2.24) is 0 Å². The molecular formula is C15H26N2O2+2. The Morgan fingerprint density at radius 1 is 1.16 bits per heavy atom. The second kappa shape index (κ2) is 7.60. The zero-order chi connectivity index (χ0) is 13.5. The Balaban J connectivity index is 1.61. The Morgan fingerprint density at radius 2 is 1.84 bits per heavy atom. The molecule has 0 bridgehead atoms. The third kappa shape index (κ3) is 5.28. The lowest BCUT2D eigenvalue weighted by molar-refractivity contribution is -1.00. The molecular weight excluding hydrogens is 240 g/mol. The zero-order valence-corrected chi connectivity index (χ0v) is 11.8. The molecule has 1 fully saturated rings. The van der Waals surface area contributed by atoms with Crippen LogP contribution in [0.5, 0.6) is 0 Å². The molecule has 3 N–H and O–H groups in total. The van der Waals surface area contributed by atoms with Gasteiger partial charge in [-0.2, -0.15) is 0 Å². The maximum atomic E-state index is 9.99. The quantitative estimate of drug-likeness (QED) is 0.556. The minimum Gasteiger partial charge on any atom is -0.385 e. The molecule has 0 unspecified atom stereocenters.